The van der Waals surface area contributed by atoms with Crippen LogP contribution in [0.4, 0.5) is 15.8 Å². The Hall–Kier alpha value is -3.31. The minimum Gasteiger partial charge on any atom is -0.493 e. The molecule has 0 saturated carbocycles. The Bertz CT molecular complexity index is 1210. The third-order valence-electron chi connectivity index (χ3n) is 4.87. The fraction of sp³-hybridized carbons (Fsp3) is 0.125. The maximum absolute atomic E-state index is 13.5. The first-order chi connectivity index (χ1) is 14.5. The van der Waals surface area contributed by atoms with Crippen molar-refractivity contribution >= 4 is 33.9 Å². The summed E-state index contributed by atoms with van der Waals surface area (Å²) in [5.74, 6) is 0.755. The van der Waals surface area contributed by atoms with Gasteiger partial charge in [0.05, 0.1) is 17.6 Å². The van der Waals surface area contributed by atoms with Crippen LogP contribution in [0.25, 0.3) is 10.9 Å². The number of halogens is 2. The Morgan fingerprint density at radius 3 is 2.63 bits per heavy atom. The second-order valence-corrected chi connectivity index (χ2v) is 7.25. The van der Waals surface area contributed by atoms with E-state index in [4.69, 9.17) is 21.1 Å². The summed E-state index contributed by atoms with van der Waals surface area (Å²) in [5, 5.41) is 4.18. The zero-order chi connectivity index (χ0) is 21.1. The van der Waals surface area contributed by atoms with Gasteiger partial charge in [-0.3, -0.25) is 4.98 Å². The molecule has 0 aliphatic heterocycles. The van der Waals surface area contributed by atoms with Crippen LogP contribution < -0.4 is 14.8 Å². The second kappa shape index (κ2) is 8.59. The lowest BCUT2D eigenvalue weighted by molar-refractivity contribution is 0.284. The number of rotatable bonds is 6. The van der Waals surface area contributed by atoms with E-state index in [1.54, 1.807) is 25.4 Å². The highest BCUT2D eigenvalue weighted by atomic mass is 35.5. The van der Waals surface area contributed by atoms with Gasteiger partial charge in [0.1, 0.15) is 12.4 Å². The largest absolute Gasteiger partial charge is 0.493 e. The molecular formula is C24H20ClFN2O2. The minimum absolute atomic E-state index is 0.0577. The van der Waals surface area contributed by atoms with E-state index in [2.05, 4.69) is 23.3 Å². The van der Waals surface area contributed by atoms with E-state index in [0.717, 1.165) is 27.7 Å². The number of methoxy groups -OCH3 is 1. The van der Waals surface area contributed by atoms with E-state index in [9.17, 15) is 4.39 Å². The molecule has 0 unspecified atom stereocenters. The van der Waals surface area contributed by atoms with E-state index in [0.29, 0.717) is 23.8 Å². The zero-order valence-corrected chi connectivity index (χ0v) is 17.3. The Kier molecular flexibility index (Phi) is 5.72. The molecule has 0 bridgehead atoms. The summed E-state index contributed by atoms with van der Waals surface area (Å²) in [4.78, 5) is 4.44. The quantitative estimate of drug-likeness (QED) is 0.377. The van der Waals surface area contributed by atoms with Gasteiger partial charge in [-0.25, -0.2) is 4.39 Å². The Morgan fingerprint density at radius 1 is 1.03 bits per heavy atom. The fourth-order valence-corrected chi connectivity index (χ4v) is 3.37. The molecule has 3 aromatic carbocycles. The fourth-order valence-electron chi connectivity index (χ4n) is 3.19. The summed E-state index contributed by atoms with van der Waals surface area (Å²) in [5.41, 5.74) is 4.48. The predicted molar refractivity (Wildman–Crippen MR) is 118 cm³/mol. The molecular weight excluding hydrogens is 403 g/mol. The first-order valence-electron chi connectivity index (χ1n) is 9.41. The van der Waals surface area contributed by atoms with E-state index < -0.39 is 5.82 Å². The van der Waals surface area contributed by atoms with Crippen molar-refractivity contribution in [1.29, 1.82) is 0 Å². The molecule has 0 amide bonds. The van der Waals surface area contributed by atoms with Gasteiger partial charge in [-0.2, -0.15) is 0 Å². The van der Waals surface area contributed by atoms with Crippen LogP contribution in [0, 0.1) is 12.7 Å². The van der Waals surface area contributed by atoms with Crippen LogP contribution in [-0.4, -0.2) is 12.1 Å². The number of nitrogens with one attached hydrogen (secondary N) is 1. The summed E-state index contributed by atoms with van der Waals surface area (Å²) in [6, 6.07) is 18.2. The summed E-state index contributed by atoms with van der Waals surface area (Å²) in [7, 11) is 1.60. The lowest BCUT2D eigenvalue weighted by Crippen LogP contribution is -2.00. The molecule has 1 heterocycles. The molecule has 0 saturated heterocycles. The number of benzene rings is 3. The summed E-state index contributed by atoms with van der Waals surface area (Å²) >= 11 is 5.91. The lowest BCUT2D eigenvalue weighted by atomic mass is 10.1. The SMILES string of the molecule is COc1cc2nccc(Nc3ccc(F)c(Cl)c3)c2cc1OCc1ccccc1C. The lowest BCUT2D eigenvalue weighted by Gasteiger charge is -2.15. The van der Waals surface area contributed by atoms with Gasteiger partial charge >= 0.3 is 0 Å². The third-order valence-corrected chi connectivity index (χ3v) is 5.16. The normalized spacial score (nSPS) is 10.8. The molecule has 4 aromatic rings. The molecule has 0 radical (unpaired) electrons. The van der Waals surface area contributed by atoms with Gasteiger partial charge in [0, 0.05) is 29.0 Å². The summed E-state index contributed by atoms with van der Waals surface area (Å²) in [6.07, 6.45) is 1.70. The monoisotopic (exact) mass is 422 g/mol. The number of anilines is 2. The number of aryl methyl sites for hydroxylation is 1. The van der Waals surface area contributed by atoms with Gasteiger partial charge < -0.3 is 14.8 Å². The molecule has 4 rings (SSSR count). The highest BCUT2D eigenvalue weighted by Gasteiger charge is 2.12. The topological polar surface area (TPSA) is 43.4 Å². The van der Waals surface area contributed by atoms with E-state index in [-0.39, 0.29) is 5.02 Å². The van der Waals surface area contributed by atoms with Crippen LogP contribution >= 0.6 is 11.6 Å². The minimum atomic E-state index is -0.460. The maximum atomic E-state index is 13.5. The van der Waals surface area contributed by atoms with Crippen LogP contribution in [0.5, 0.6) is 11.5 Å². The van der Waals surface area contributed by atoms with Gasteiger partial charge in [-0.1, -0.05) is 35.9 Å². The number of pyridine rings is 1. The molecule has 0 spiro atoms. The number of hydrogen-bond acceptors (Lipinski definition) is 4. The molecule has 0 aliphatic rings. The first-order valence-corrected chi connectivity index (χ1v) is 9.79. The third kappa shape index (κ3) is 4.16. The van der Waals surface area contributed by atoms with Gasteiger partial charge in [0.25, 0.3) is 0 Å². The molecule has 1 aromatic heterocycles. The van der Waals surface area contributed by atoms with Gasteiger partial charge in [-0.15, -0.1) is 0 Å². The average Bonchev–Trinajstić information content (AvgIpc) is 2.75. The van der Waals surface area contributed by atoms with Crippen molar-refractivity contribution in [2.45, 2.75) is 13.5 Å². The standard InChI is InChI=1S/C24H20ClFN2O2/c1-15-5-3-4-6-16(15)14-30-24-12-18-21(9-10-27-22(18)13-23(24)29-2)28-17-7-8-20(26)19(25)11-17/h3-13H,14H2,1-2H3,(H,27,28). The first kappa shape index (κ1) is 20.0. The Morgan fingerprint density at radius 2 is 1.87 bits per heavy atom. The van der Waals surface area contributed by atoms with Gasteiger partial charge in [0.15, 0.2) is 11.5 Å². The average molecular weight is 423 g/mol. The molecule has 152 valence electrons. The summed E-state index contributed by atoms with van der Waals surface area (Å²) < 4.78 is 25.1. The van der Waals surface area contributed by atoms with Crippen LogP contribution in [0.2, 0.25) is 5.02 Å². The van der Waals surface area contributed by atoms with E-state index in [1.165, 1.54) is 6.07 Å². The molecule has 0 atom stereocenters. The predicted octanol–water partition coefficient (Wildman–Crippen LogP) is 6.67. The van der Waals surface area contributed by atoms with Crippen molar-refractivity contribution in [1.82, 2.24) is 4.98 Å². The van der Waals surface area contributed by atoms with Crippen molar-refractivity contribution in [3.05, 3.63) is 88.8 Å². The Labute approximate surface area is 179 Å². The number of hydrogen-bond donors (Lipinski definition) is 1. The van der Waals surface area contributed by atoms with Crippen molar-refractivity contribution in [2.24, 2.45) is 0 Å². The van der Waals surface area contributed by atoms with Crippen LogP contribution in [0.3, 0.4) is 0 Å². The molecule has 4 nitrogen and oxygen atoms in total. The van der Waals surface area contributed by atoms with Crippen molar-refractivity contribution in [2.75, 3.05) is 12.4 Å². The molecule has 0 fully saturated rings. The van der Waals surface area contributed by atoms with Crippen LogP contribution in [0.1, 0.15) is 11.1 Å². The highest BCUT2D eigenvalue weighted by molar-refractivity contribution is 6.31. The Balaban J connectivity index is 1.69. The van der Waals surface area contributed by atoms with Gasteiger partial charge in [0.2, 0.25) is 0 Å². The van der Waals surface area contributed by atoms with Crippen LogP contribution in [-0.2, 0) is 6.61 Å². The highest BCUT2D eigenvalue weighted by Crippen LogP contribution is 2.36. The number of ether oxygens (including phenoxy) is 2. The molecule has 30 heavy (non-hydrogen) atoms. The summed E-state index contributed by atoms with van der Waals surface area (Å²) in [6.45, 7) is 2.47. The van der Waals surface area contributed by atoms with E-state index >= 15 is 0 Å². The molecule has 6 heteroatoms. The van der Waals surface area contributed by atoms with Crippen molar-refractivity contribution < 1.29 is 13.9 Å². The van der Waals surface area contributed by atoms with E-state index in [1.807, 2.05) is 36.4 Å². The maximum Gasteiger partial charge on any atom is 0.162 e. The zero-order valence-electron chi connectivity index (χ0n) is 16.6. The number of aromatic nitrogens is 1. The van der Waals surface area contributed by atoms with Gasteiger partial charge in [-0.05, 0) is 48.4 Å². The number of nitrogens with zero attached hydrogens (tertiary/aromatic N) is 1. The van der Waals surface area contributed by atoms with Crippen molar-refractivity contribution in [3.63, 3.8) is 0 Å². The smallest absolute Gasteiger partial charge is 0.162 e. The van der Waals surface area contributed by atoms with Crippen LogP contribution in [0.15, 0.2) is 66.9 Å². The molecule has 0 aliphatic carbocycles. The number of fused-ring (bicyclic) bond motifs is 1. The molecule has 1 N–H and O–H groups in total. The van der Waals surface area contributed by atoms with Crippen molar-refractivity contribution in [3.8, 4) is 11.5 Å². The second-order valence-electron chi connectivity index (χ2n) is 6.85.